The number of rotatable bonds is 5. The number of aryl methyl sites for hydroxylation is 1. The van der Waals surface area contributed by atoms with Crippen molar-refractivity contribution in [3.8, 4) is 0 Å². The monoisotopic (exact) mass is 283 g/mol. The first-order chi connectivity index (χ1) is 10.3. The second kappa shape index (κ2) is 6.12. The Balaban J connectivity index is 1.46. The van der Waals surface area contributed by atoms with E-state index in [2.05, 4.69) is 34.7 Å². The molecule has 0 saturated carbocycles. The summed E-state index contributed by atoms with van der Waals surface area (Å²) < 4.78 is 1.77. The highest BCUT2D eigenvalue weighted by Gasteiger charge is 2.20. The van der Waals surface area contributed by atoms with Crippen molar-refractivity contribution in [3.63, 3.8) is 0 Å². The molecule has 0 aliphatic heterocycles. The second-order valence-corrected chi connectivity index (χ2v) is 5.67. The summed E-state index contributed by atoms with van der Waals surface area (Å²) in [6.45, 7) is 3.52. The van der Waals surface area contributed by atoms with E-state index < -0.39 is 0 Å². The van der Waals surface area contributed by atoms with Crippen LogP contribution in [0.15, 0.2) is 36.7 Å². The van der Waals surface area contributed by atoms with Crippen LogP contribution in [0.25, 0.3) is 0 Å². The number of aromatic nitrogens is 2. The number of amides is 1. The van der Waals surface area contributed by atoms with Crippen molar-refractivity contribution in [1.29, 1.82) is 0 Å². The predicted octanol–water partition coefficient (Wildman–Crippen LogP) is 2.44. The molecule has 0 radical (unpaired) electrons. The van der Waals surface area contributed by atoms with Gasteiger partial charge in [-0.15, -0.1) is 0 Å². The molecule has 1 aromatic heterocycles. The van der Waals surface area contributed by atoms with Crippen molar-refractivity contribution in [2.24, 2.45) is 5.92 Å². The summed E-state index contributed by atoms with van der Waals surface area (Å²) in [5.74, 6) is 0.631. The molecule has 0 spiro atoms. The zero-order chi connectivity index (χ0) is 14.7. The summed E-state index contributed by atoms with van der Waals surface area (Å²) in [5.41, 5.74) is 3.59. The van der Waals surface area contributed by atoms with Crippen LogP contribution < -0.4 is 5.32 Å². The Kier molecular flexibility index (Phi) is 4.04. The summed E-state index contributed by atoms with van der Waals surface area (Å²) in [6.07, 6.45) is 6.73. The average molecular weight is 283 g/mol. The maximum Gasteiger partial charge on any atom is 0.254 e. The molecular formula is C17H21N3O. The van der Waals surface area contributed by atoms with Gasteiger partial charge in [0.1, 0.15) is 0 Å². The molecule has 0 bridgehead atoms. The highest BCUT2D eigenvalue weighted by atomic mass is 16.1. The zero-order valence-electron chi connectivity index (χ0n) is 12.4. The molecular weight excluding hydrogens is 262 g/mol. The van der Waals surface area contributed by atoms with Gasteiger partial charge in [-0.3, -0.25) is 9.48 Å². The summed E-state index contributed by atoms with van der Waals surface area (Å²) in [7, 11) is 0. The van der Waals surface area contributed by atoms with Crippen LogP contribution in [-0.2, 0) is 19.4 Å². The van der Waals surface area contributed by atoms with E-state index in [1.165, 1.54) is 11.1 Å². The van der Waals surface area contributed by atoms with Crippen molar-refractivity contribution >= 4 is 5.91 Å². The van der Waals surface area contributed by atoms with Gasteiger partial charge in [0.05, 0.1) is 11.8 Å². The number of hydrogen-bond acceptors (Lipinski definition) is 2. The lowest BCUT2D eigenvalue weighted by Crippen LogP contribution is -2.25. The number of nitrogens with one attached hydrogen (secondary N) is 1. The van der Waals surface area contributed by atoms with Crippen LogP contribution in [0.1, 0.15) is 34.8 Å². The van der Waals surface area contributed by atoms with E-state index in [-0.39, 0.29) is 5.91 Å². The minimum Gasteiger partial charge on any atom is -0.352 e. The van der Waals surface area contributed by atoms with Gasteiger partial charge in [-0.2, -0.15) is 5.10 Å². The molecule has 1 amide bonds. The van der Waals surface area contributed by atoms with Crippen LogP contribution in [0.4, 0.5) is 0 Å². The van der Waals surface area contributed by atoms with E-state index in [0.717, 1.165) is 32.4 Å². The van der Waals surface area contributed by atoms with Gasteiger partial charge in [0.2, 0.25) is 0 Å². The Morgan fingerprint density at radius 3 is 2.67 bits per heavy atom. The quantitative estimate of drug-likeness (QED) is 0.916. The van der Waals surface area contributed by atoms with E-state index in [0.29, 0.717) is 11.5 Å². The van der Waals surface area contributed by atoms with E-state index >= 15 is 0 Å². The summed E-state index contributed by atoms with van der Waals surface area (Å²) >= 11 is 0. The van der Waals surface area contributed by atoms with Crippen LogP contribution in [-0.4, -0.2) is 22.2 Å². The standard InChI is InChI=1S/C17H21N3O/c1-2-20-12-16(11-19-20)17(21)18-8-7-13-9-14-5-3-4-6-15(14)10-13/h3-6,11-13H,2,7-10H2,1H3,(H,18,21). The van der Waals surface area contributed by atoms with Crippen LogP contribution in [0.5, 0.6) is 0 Å². The maximum absolute atomic E-state index is 12.0. The zero-order valence-corrected chi connectivity index (χ0v) is 12.4. The molecule has 1 heterocycles. The van der Waals surface area contributed by atoms with Crippen molar-refractivity contribution in [2.75, 3.05) is 6.54 Å². The van der Waals surface area contributed by atoms with Crippen LogP contribution >= 0.6 is 0 Å². The number of nitrogens with zero attached hydrogens (tertiary/aromatic N) is 2. The van der Waals surface area contributed by atoms with Gasteiger partial charge in [-0.1, -0.05) is 24.3 Å². The Bertz CT molecular complexity index is 607. The van der Waals surface area contributed by atoms with Gasteiger partial charge in [0.15, 0.2) is 0 Å². The second-order valence-electron chi connectivity index (χ2n) is 5.67. The molecule has 110 valence electrons. The molecule has 3 rings (SSSR count). The minimum atomic E-state index is -0.0230. The maximum atomic E-state index is 12.0. The fraction of sp³-hybridized carbons (Fsp3) is 0.412. The molecule has 0 fully saturated rings. The lowest BCUT2D eigenvalue weighted by Gasteiger charge is -2.09. The molecule has 0 atom stereocenters. The number of benzene rings is 1. The molecule has 0 unspecified atom stereocenters. The highest BCUT2D eigenvalue weighted by Crippen LogP contribution is 2.28. The summed E-state index contributed by atoms with van der Waals surface area (Å²) in [4.78, 5) is 12.0. The van der Waals surface area contributed by atoms with Crippen molar-refractivity contribution in [3.05, 3.63) is 53.3 Å². The molecule has 1 aliphatic carbocycles. The van der Waals surface area contributed by atoms with Gasteiger partial charge in [-0.25, -0.2) is 0 Å². The summed E-state index contributed by atoms with van der Waals surface area (Å²) in [5, 5.41) is 7.12. The number of carbonyl (C=O) groups is 1. The third-order valence-corrected chi connectivity index (χ3v) is 4.19. The van der Waals surface area contributed by atoms with Crippen LogP contribution in [0.2, 0.25) is 0 Å². The average Bonchev–Trinajstić information content (AvgIpc) is 3.13. The molecule has 1 aliphatic rings. The first kappa shape index (κ1) is 13.9. The number of hydrogen-bond donors (Lipinski definition) is 1. The molecule has 0 saturated heterocycles. The number of fused-ring (bicyclic) bond motifs is 1. The smallest absolute Gasteiger partial charge is 0.254 e. The third kappa shape index (κ3) is 3.15. The molecule has 4 heteroatoms. The van der Waals surface area contributed by atoms with Crippen LogP contribution in [0, 0.1) is 5.92 Å². The lowest BCUT2D eigenvalue weighted by molar-refractivity contribution is 0.0951. The van der Waals surface area contributed by atoms with E-state index in [9.17, 15) is 4.79 Å². The van der Waals surface area contributed by atoms with E-state index in [1.807, 2.05) is 6.92 Å². The van der Waals surface area contributed by atoms with Gasteiger partial charge in [0.25, 0.3) is 5.91 Å². The fourth-order valence-corrected chi connectivity index (χ4v) is 3.00. The largest absolute Gasteiger partial charge is 0.352 e. The van der Waals surface area contributed by atoms with E-state index in [4.69, 9.17) is 0 Å². The molecule has 4 nitrogen and oxygen atoms in total. The molecule has 2 aromatic rings. The summed E-state index contributed by atoms with van der Waals surface area (Å²) in [6, 6.07) is 8.64. The van der Waals surface area contributed by atoms with Gasteiger partial charge >= 0.3 is 0 Å². The number of carbonyl (C=O) groups excluding carboxylic acids is 1. The van der Waals surface area contributed by atoms with Crippen molar-refractivity contribution < 1.29 is 4.79 Å². The van der Waals surface area contributed by atoms with Gasteiger partial charge in [-0.05, 0) is 43.2 Å². The van der Waals surface area contributed by atoms with Crippen molar-refractivity contribution in [1.82, 2.24) is 15.1 Å². The minimum absolute atomic E-state index is 0.0230. The molecule has 1 N–H and O–H groups in total. The topological polar surface area (TPSA) is 46.9 Å². The first-order valence-corrected chi connectivity index (χ1v) is 7.63. The highest BCUT2D eigenvalue weighted by molar-refractivity contribution is 5.93. The normalized spacial score (nSPS) is 14.1. The Morgan fingerprint density at radius 1 is 1.33 bits per heavy atom. The van der Waals surface area contributed by atoms with Gasteiger partial charge in [0, 0.05) is 19.3 Å². The predicted molar refractivity (Wildman–Crippen MR) is 82.2 cm³/mol. The molecule has 1 aromatic carbocycles. The molecule has 21 heavy (non-hydrogen) atoms. The van der Waals surface area contributed by atoms with Gasteiger partial charge < -0.3 is 5.32 Å². The van der Waals surface area contributed by atoms with Crippen molar-refractivity contribution in [2.45, 2.75) is 32.7 Å². The Labute approximate surface area is 125 Å². The fourth-order valence-electron chi connectivity index (χ4n) is 3.00. The van der Waals surface area contributed by atoms with E-state index in [1.54, 1.807) is 17.1 Å². The Hall–Kier alpha value is -2.10. The first-order valence-electron chi connectivity index (χ1n) is 7.63. The Morgan fingerprint density at radius 2 is 2.05 bits per heavy atom. The third-order valence-electron chi connectivity index (χ3n) is 4.19. The SMILES string of the molecule is CCn1cc(C(=O)NCCC2Cc3ccccc3C2)cn1. The lowest BCUT2D eigenvalue weighted by atomic mass is 10.0. The van der Waals surface area contributed by atoms with Crippen LogP contribution in [0.3, 0.4) is 0 Å².